The Balaban J connectivity index is 1.58. The summed E-state index contributed by atoms with van der Waals surface area (Å²) < 4.78 is 16.7. The summed E-state index contributed by atoms with van der Waals surface area (Å²) in [6.45, 7) is 0.650. The summed E-state index contributed by atoms with van der Waals surface area (Å²) in [5.41, 5.74) is 4.07. The van der Waals surface area contributed by atoms with Crippen LogP contribution in [0.15, 0.2) is 84.0 Å². The summed E-state index contributed by atoms with van der Waals surface area (Å²) in [7, 11) is 0. The van der Waals surface area contributed by atoms with Crippen LogP contribution in [0, 0.1) is 9.39 Å². The molecule has 0 unspecified atom stereocenters. The van der Waals surface area contributed by atoms with Gasteiger partial charge in [0, 0.05) is 33.4 Å². The second-order valence-electron chi connectivity index (χ2n) is 6.13. The lowest BCUT2D eigenvalue weighted by atomic mass is 10.1. The Hall–Kier alpha value is -2.47. The number of fused-ring (bicyclic) bond motifs is 1. The molecule has 0 spiro atoms. The number of hydrogen-bond donors (Lipinski definition) is 0. The zero-order chi connectivity index (χ0) is 17.9. The van der Waals surface area contributed by atoms with Gasteiger partial charge >= 0.3 is 0 Å². The van der Waals surface area contributed by atoms with Crippen LogP contribution in [0.3, 0.4) is 0 Å². The van der Waals surface area contributed by atoms with Gasteiger partial charge in [-0.1, -0.05) is 18.2 Å². The van der Waals surface area contributed by atoms with Crippen LogP contribution in [-0.4, -0.2) is 10.8 Å². The number of aromatic nitrogens is 1. The first-order valence-electron chi connectivity index (χ1n) is 8.30. The summed E-state index contributed by atoms with van der Waals surface area (Å²) in [6.07, 6.45) is 3.92. The highest BCUT2D eigenvalue weighted by Gasteiger charge is 2.03. The monoisotopic (exact) mass is 454 g/mol. The molecule has 128 valence electrons. The molecule has 4 aromatic rings. The highest BCUT2D eigenvalue weighted by atomic mass is 127. The third-order valence-corrected chi connectivity index (χ3v) is 4.95. The van der Waals surface area contributed by atoms with Crippen LogP contribution in [0.1, 0.15) is 11.1 Å². The molecule has 0 aliphatic heterocycles. The van der Waals surface area contributed by atoms with E-state index in [2.05, 4.69) is 56.4 Å². The number of halogens is 2. The molecule has 4 rings (SSSR count). The van der Waals surface area contributed by atoms with Crippen LogP contribution >= 0.6 is 22.6 Å². The molecule has 1 heterocycles. The van der Waals surface area contributed by atoms with E-state index < -0.39 is 0 Å². The van der Waals surface area contributed by atoms with E-state index in [4.69, 9.17) is 0 Å². The second kappa shape index (κ2) is 7.41. The van der Waals surface area contributed by atoms with Crippen molar-refractivity contribution in [3.63, 3.8) is 0 Å². The SMILES string of the molecule is Fc1cccc(Cn2ccc3cc(C=Nc4ccc(I)cc4)ccc32)c1. The Morgan fingerprint density at radius 2 is 1.81 bits per heavy atom. The summed E-state index contributed by atoms with van der Waals surface area (Å²) in [4.78, 5) is 4.53. The lowest BCUT2D eigenvalue weighted by Gasteiger charge is -2.06. The molecule has 0 radical (unpaired) electrons. The van der Waals surface area contributed by atoms with E-state index in [1.807, 2.05) is 42.7 Å². The molecule has 0 saturated carbocycles. The predicted molar refractivity (Wildman–Crippen MR) is 114 cm³/mol. The van der Waals surface area contributed by atoms with E-state index in [9.17, 15) is 4.39 Å². The van der Waals surface area contributed by atoms with Crippen molar-refractivity contribution in [3.8, 4) is 0 Å². The minimum absolute atomic E-state index is 0.201. The number of aliphatic imine (C=N–C) groups is 1. The first-order valence-corrected chi connectivity index (χ1v) is 9.38. The summed E-state index contributed by atoms with van der Waals surface area (Å²) in [5, 5.41) is 1.15. The van der Waals surface area contributed by atoms with E-state index in [1.165, 1.54) is 9.64 Å². The van der Waals surface area contributed by atoms with Crippen molar-refractivity contribution in [2.75, 3.05) is 0 Å². The minimum Gasteiger partial charge on any atom is -0.343 e. The molecule has 1 aromatic heterocycles. The number of hydrogen-bond acceptors (Lipinski definition) is 1. The van der Waals surface area contributed by atoms with Gasteiger partial charge in [0.2, 0.25) is 0 Å². The van der Waals surface area contributed by atoms with Gasteiger partial charge in [-0.2, -0.15) is 0 Å². The van der Waals surface area contributed by atoms with Gasteiger partial charge in [0.25, 0.3) is 0 Å². The molecule has 0 fully saturated rings. The zero-order valence-corrected chi connectivity index (χ0v) is 16.1. The molecule has 0 aliphatic carbocycles. The third-order valence-electron chi connectivity index (χ3n) is 4.23. The van der Waals surface area contributed by atoms with E-state index in [0.717, 1.165) is 27.7 Å². The molecule has 0 amide bonds. The van der Waals surface area contributed by atoms with Gasteiger partial charge in [0.15, 0.2) is 0 Å². The fraction of sp³-hybridized carbons (Fsp3) is 0.0455. The maximum Gasteiger partial charge on any atom is 0.123 e. The Kier molecular flexibility index (Phi) is 4.84. The fourth-order valence-electron chi connectivity index (χ4n) is 2.95. The molecule has 0 bridgehead atoms. The van der Waals surface area contributed by atoms with Crippen molar-refractivity contribution in [1.82, 2.24) is 4.57 Å². The van der Waals surface area contributed by atoms with Crippen molar-refractivity contribution < 1.29 is 4.39 Å². The fourth-order valence-corrected chi connectivity index (χ4v) is 3.30. The average Bonchev–Trinajstić information content (AvgIpc) is 3.03. The second-order valence-corrected chi connectivity index (χ2v) is 7.37. The highest BCUT2D eigenvalue weighted by molar-refractivity contribution is 14.1. The van der Waals surface area contributed by atoms with Crippen molar-refractivity contribution >= 4 is 45.4 Å². The average molecular weight is 454 g/mol. The zero-order valence-electron chi connectivity index (χ0n) is 13.9. The van der Waals surface area contributed by atoms with E-state index in [0.29, 0.717) is 6.54 Å². The molecule has 0 atom stereocenters. The molecule has 0 saturated heterocycles. The molecule has 2 nitrogen and oxygen atoms in total. The van der Waals surface area contributed by atoms with E-state index in [-0.39, 0.29) is 5.82 Å². The standard InChI is InChI=1S/C22H16FIN2/c23-19-3-1-2-17(13-19)15-26-11-10-18-12-16(4-9-22(18)26)14-25-21-7-5-20(24)6-8-21/h1-14H,15H2. The van der Waals surface area contributed by atoms with Crippen LogP contribution in [-0.2, 0) is 6.54 Å². The molecular weight excluding hydrogens is 438 g/mol. The van der Waals surface area contributed by atoms with Gasteiger partial charge < -0.3 is 4.57 Å². The van der Waals surface area contributed by atoms with Gasteiger partial charge in [0.05, 0.1) is 5.69 Å². The van der Waals surface area contributed by atoms with Crippen LogP contribution in [0.5, 0.6) is 0 Å². The van der Waals surface area contributed by atoms with Crippen molar-refractivity contribution in [1.29, 1.82) is 0 Å². The molecular formula is C22H16FIN2. The molecule has 4 heteroatoms. The molecule has 0 aliphatic rings. The van der Waals surface area contributed by atoms with Crippen LogP contribution in [0.4, 0.5) is 10.1 Å². The summed E-state index contributed by atoms with van der Waals surface area (Å²) in [6, 6.07) is 23.2. The third kappa shape index (κ3) is 3.85. The molecule has 26 heavy (non-hydrogen) atoms. The normalized spacial score (nSPS) is 11.5. The maximum atomic E-state index is 13.4. The van der Waals surface area contributed by atoms with Gasteiger partial charge in [-0.15, -0.1) is 0 Å². The van der Waals surface area contributed by atoms with Crippen LogP contribution in [0.2, 0.25) is 0 Å². The Bertz CT molecular complexity index is 1080. The number of rotatable bonds is 4. The number of nitrogens with zero attached hydrogens (tertiary/aromatic N) is 2. The first-order chi connectivity index (χ1) is 12.7. The topological polar surface area (TPSA) is 17.3 Å². The van der Waals surface area contributed by atoms with Crippen molar-refractivity contribution in [2.45, 2.75) is 6.54 Å². The van der Waals surface area contributed by atoms with E-state index >= 15 is 0 Å². The van der Waals surface area contributed by atoms with Gasteiger partial charge in [-0.05, 0) is 88.3 Å². The van der Waals surface area contributed by atoms with Gasteiger partial charge in [0.1, 0.15) is 5.82 Å². The Labute approximate surface area is 165 Å². The largest absolute Gasteiger partial charge is 0.343 e. The van der Waals surface area contributed by atoms with Gasteiger partial charge in [-0.25, -0.2) is 4.39 Å². The maximum absolute atomic E-state index is 13.4. The van der Waals surface area contributed by atoms with Crippen LogP contribution < -0.4 is 0 Å². The highest BCUT2D eigenvalue weighted by Crippen LogP contribution is 2.20. The lowest BCUT2D eigenvalue weighted by molar-refractivity contribution is 0.624. The lowest BCUT2D eigenvalue weighted by Crippen LogP contribution is -1.98. The smallest absolute Gasteiger partial charge is 0.123 e. The van der Waals surface area contributed by atoms with Crippen molar-refractivity contribution in [3.05, 3.63) is 99.5 Å². The predicted octanol–water partition coefficient (Wildman–Crippen LogP) is 6.18. The minimum atomic E-state index is -0.201. The van der Waals surface area contributed by atoms with Gasteiger partial charge in [-0.3, -0.25) is 4.99 Å². The molecule has 3 aromatic carbocycles. The Morgan fingerprint density at radius 1 is 0.962 bits per heavy atom. The van der Waals surface area contributed by atoms with Crippen LogP contribution in [0.25, 0.3) is 10.9 Å². The Morgan fingerprint density at radius 3 is 2.62 bits per heavy atom. The summed E-state index contributed by atoms with van der Waals surface area (Å²) in [5.74, 6) is -0.201. The summed E-state index contributed by atoms with van der Waals surface area (Å²) >= 11 is 2.28. The van der Waals surface area contributed by atoms with Crippen molar-refractivity contribution in [2.24, 2.45) is 4.99 Å². The first kappa shape index (κ1) is 17.0. The molecule has 0 N–H and O–H groups in total. The quantitative estimate of drug-likeness (QED) is 0.259. The number of benzene rings is 3. The van der Waals surface area contributed by atoms with E-state index in [1.54, 1.807) is 12.1 Å².